The Morgan fingerprint density at radius 3 is 2.12 bits per heavy atom. The van der Waals surface area contributed by atoms with Crippen LogP contribution in [0.2, 0.25) is 0 Å². The van der Waals surface area contributed by atoms with Crippen LogP contribution in [0.1, 0.15) is 48.6 Å². The van der Waals surface area contributed by atoms with Gasteiger partial charge in [-0.1, -0.05) is 74.0 Å². The lowest BCUT2D eigenvalue weighted by atomic mass is 9.97. The van der Waals surface area contributed by atoms with Crippen LogP contribution in [-0.2, 0) is 14.8 Å². The second-order valence-electron chi connectivity index (χ2n) is 9.28. The Labute approximate surface area is 203 Å². The molecule has 0 aliphatic heterocycles. The number of aryl methyl sites for hydroxylation is 3. The molecule has 1 amide bonds. The highest BCUT2D eigenvalue weighted by atomic mass is 32.2. The lowest BCUT2D eigenvalue weighted by Gasteiger charge is -2.28. The maximum Gasteiger partial charge on any atom is 0.264 e. The number of anilines is 1. The normalized spacial score (nSPS) is 12.4. The predicted octanol–water partition coefficient (Wildman–Crippen LogP) is 5.71. The van der Waals surface area contributed by atoms with Crippen molar-refractivity contribution in [3.63, 3.8) is 0 Å². The van der Waals surface area contributed by atoms with Gasteiger partial charge < -0.3 is 5.32 Å². The van der Waals surface area contributed by atoms with Crippen molar-refractivity contribution < 1.29 is 13.2 Å². The van der Waals surface area contributed by atoms with Crippen LogP contribution >= 0.6 is 0 Å². The second kappa shape index (κ2) is 10.9. The summed E-state index contributed by atoms with van der Waals surface area (Å²) in [5, 5.41) is 3.09. The first-order chi connectivity index (χ1) is 16.1. The van der Waals surface area contributed by atoms with Gasteiger partial charge in [0.05, 0.1) is 16.6 Å². The summed E-state index contributed by atoms with van der Waals surface area (Å²) in [7, 11) is -3.96. The fourth-order valence-corrected chi connectivity index (χ4v) is 5.41. The second-order valence-corrected chi connectivity index (χ2v) is 11.1. The number of carbonyl (C=O) groups is 1. The van der Waals surface area contributed by atoms with Gasteiger partial charge in [0.1, 0.15) is 6.54 Å². The summed E-state index contributed by atoms with van der Waals surface area (Å²) in [5.41, 5.74) is 4.19. The van der Waals surface area contributed by atoms with E-state index < -0.39 is 10.0 Å². The van der Waals surface area contributed by atoms with Gasteiger partial charge in [0.25, 0.3) is 10.0 Å². The molecule has 0 bridgehead atoms. The minimum atomic E-state index is -3.96. The van der Waals surface area contributed by atoms with Crippen molar-refractivity contribution in [3.8, 4) is 0 Å². The summed E-state index contributed by atoms with van der Waals surface area (Å²) in [6.07, 6.45) is 0.754. The number of carbonyl (C=O) groups excluding carboxylic acids is 1. The summed E-state index contributed by atoms with van der Waals surface area (Å²) >= 11 is 0. The topological polar surface area (TPSA) is 66.5 Å². The third-order valence-corrected chi connectivity index (χ3v) is 7.55. The quantitative estimate of drug-likeness (QED) is 0.428. The van der Waals surface area contributed by atoms with E-state index in [9.17, 15) is 13.2 Å². The molecule has 34 heavy (non-hydrogen) atoms. The van der Waals surface area contributed by atoms with Crippen molar-refractivity contribution in [1.82, 2.24) is 5.32 Å². The number of hydrogen-bond donors (Lipinski definition) is 1. The molecule has 6 heteroatoms. The van der Waals surface area contributed by atoms with E-state index in [1.165, 1.54) is 4.31 Å². The number of amides is 1. The summed E-state index contributed by atoms with van der Waals surface area (Å²) < 4.78 is 28.7. The Bertz CT molecular complexity index is 1220. The van der Waals surface area contributed by atoms with Crippen molar-refractivity contribution in [2.24, 2.45) is 5.92 Å². The first-order valence-corrected chi connectivity index (χ1v) is 13.0. The van der Waals surface area contributed by atoms with Crippen LogP contribution in [0.4, 0.5) is 5.69 Å². The average Bonchev–Trinajstić information content (AvgIpc) is 2.79. The zero-order chi connectivity index (χ0) is 24.9. The molecular formula is C28H34N2O3S. The number of hydrogen-bond acceptors (Lipinski definition) is 3. The molecule has 0 aliphatic carbocycles. The maximum atomic E-state index is 13.7. The van der Waals surface area contributed by atoms with Crippen molar-refractivity contribution in [1.29, 1.82) is 0 Å². The summed E-state index contributed by atoms with van der Waals surface area (Å²) in [6.45, 7) is 9.58. The first-order valence-electron chi connectivity index (χ1n) is 11.6. The molecule has 0 spiro atoms. The van der Waals surface area contributed by atoms with E-state index in [0.29, 0.717) is 11.6 Å². The fourth-order valence-electron chi connectivity index (χ4n) is 3.93. The predicted molar refractivity (Wildman–Crippen MR) is 138 cm³/mol. The highest BCUT2D eigenvalue weighted by Gasteiger charge is 2.29. The summed E-state index contributed by atoms with van der Waals surface area (Å²) in [4.78, 5) is 13.5. The Hall–Kier alpha value is -3.12. The number of benzene rings is 3. The monoisotopic (exact) mass is 478 g/mol. The Balaban J connectivity index is 1.97. The largest absolute Gasteiger partial charge is 0.348 e. The smallest absolute Gasteiger partial charge is 0.264 e. The number of rotatable bonds is 9. The molecule has 1 atom stereocenters. The van der Waals surface area contributed by atoms with Crippen LogP contribution in [0.5, 0.6) is 0 Å². The number of nitrogens with one attached hydrogen (secondary N) is 1. The van der Waals surface area contributed by atoms with E-state index in [4.69, 9.17) is 0 Å². The minimum Gasteiger partial charge on any atom is -0.348 e. The third-order valence-electron chi connectivity index (χ3n) is 5.77. The van der Waals surface area contributed by atoms with Crippen LogP contribution in [0.3, 0.4) is 0 Å². The molecule has 3 aromatic carbocycles. The van der Waals surface area contributed by atoms with Crippen LogP contribution in [0.25, 0.3) is 0 Å². The lowest BCUT2D eigenvalue weighted by Crippen LogP contribution is -2.42. The fraction of sp³-hybridized carbons (Fsp3) is 0.321. The zero-order valence-electron chi connectivity index (χ0n) is 20.6. The molecule has 3 rings (SSSR count). The van der Waals surface area contributed by atoms with E-state index in [0.717, 1.165) is 28.7 Å². The summed E-state index contributed by atoms with van der Waals surface area (Å²) in [5.74, 6) is 0.0167. The van der Waals surface area contributed by atoms with Gasteiger partial charge in [0.2, 0.25) is 5.91 Å². The number of nitrogens with zero attached hydrogens (tertiary/aromatic N) is 1. The van der Waals surface area contributed by atoms with Gasteiger partial charge in [-0.25, -0.2) is 8.42 Å². The maximum absolute atomic E-state index is 13.7. The van der Waals surface area contributed by atoms with Gasteiger partial charge in [-0.2, -0.15) is 0 Å². The van der Waals surface area contributed by atoms with E-state index in [-0.39, 0.29) is 23.4 Å². The highest BCUT2D eigenvalue weighted by molar-refractivity contribution is 7.92. The van der Waals surface area contributed by atoms with Crippen LogP contribution in [-0.4, -0.2) is 20.9 Å². The van der Waals surface area contributed by atoms with E-state index in [2.05, 4.69) is 19.2 Å². The van der Waals surface area contributed by atoms with Gasteiger partial charge in [-0.15, -0.1) is 0 Å². The molecule has 1 N–H and O–H groups in total. The molecule has 0 saturated heterocycles. The molecular weight excluding hydrogens is 444 g/mol. The molecule has 0 radical (unpaired) electrons. The van der Waals surface area contributed by atoms with Crippen LogP contribution in [0, 0.1) is 26.7 Å². The Morgan fingerprint density at radius 2 is 1.50 bits per heavy atom. The zero-order valence-corrected chi connectivity index (χ0v) is 21.4. The van der Waals surface area contributed by atoms with Gasteiger partial charge in [0.15, 0.2) is 0 Å². The molecule has 0 aliphatic rings. The van der Waals surface area contributed by atoms with Gasteiger partial charge in [-0.05, 0) is 68.0 Å². The molecule has 5 nitrogen and oxygen atoms in total. The standard InChI is InChI=1S/C28H34N2O3S/c1-20(2)17-26(24-9-7-6-8-10-24)29-28(31)19-30(27-18-22(4)11-14-23(27)5)34(32,33)25-15-12-21(3)13-16-25/h6-16,18,20,26H,17,19H2,1-5H3,(H,29,31)/t26-/m0/s1. The van der Waals surface area contributed by atoms with Crippen molar-refractivity contribution >= 4 is 21.6 Å². The van der Waals surface area contributed by atoms with Crippen molar-refractivity contribution in [3.05, 3.63) is 95.1 Å². The molecule has 180 valence electrons. The lowest BCUT2D eigenvalue weighted by molar-refractivity contribution is -0.120. The van der Waals surface area contributed by atoms with Crippen molar-refractivity contribution in [2.45, 2.75) is 52.0 Å². The first kappa shape index (κ1) is 25.5. The molecule has 0 unspecified atom stereocenters. The number of sulfonamides is 1. The Morgan fingerprint density at radius 1 is 0.882 bits per heavy atom. The van der Waals surface area contributed by atoms with Crippen LogP contribution < -0.4 is 9.62 Å². The van der Waals surface area contributed by atoms with E-state index in [1.54, 1.807) is 24.3 Å². The Kier molecular flexibility index (Phi) is 8.15. The molecule has 3 aromatic rings. The molecule has 0 fully saturated rings. The highest BCUT2D eigenvalue weighted by Crippen LogP contribution is 2.28. The van der Waals surface area contributed by atoms with E-state index in [1.807, 2.05) is 69.3 Å². The van der Waals surface area contributed by atoms with Crippen molar-refractivity contribution in [2.75, 3.05) is 10.8 Å². The van der Waals surface area contributed by atoms with Crippen LogP contribution in [0.15, 0.2) is 77.7 Å². The average molecular weight is 479 g/mol. The van der Waals surface area contributed by atoms with E-state index >= 15 is 0 Å². The SMILES string of the molecule is Cc1ccc(S(=O)(=O)N(CC(=O)N[C@@H](CC(C)C)c2ccccc2)c2cc(C)ccc2C)cc1. The molecule has 0 aromatic heterocycles. The minimum absolute atomic E-state index is 0.161. The van der Waals surface area contributed by atoms with Gasteiger partial charge in [0, 0.05) is 0 Å². The third kappa shape index (κ3) is 6.26. The van der Waals surface area contributed by atoms with Gasteiger partial charge >= 0.3 is 0 Å². The molecule has 0 saturated carbocycles. The van der Waals surface area contributed by atoms with Gasteiger partial charge in [-0.3, -0.25) is 9.10 Å². The molecule has 0 heterocycles. The summed E-state index contributed by atoms with van der Waals surface area (Å²) in [6, 6.07) is 21.9.